The molecule has 55 heavy (non-hydrogen) atoms. The minimum atomic E-state index is -1.22. The van der Waals surface area contributed by atoms with Crippen LogP contribution in [0.1, 0.15) is 17.0 Å². The summed E-state index contributed by atoms with van der Waals surface area (Å²) in [5, 5.41) is 40.1. The van der Waals surface area contributed by atoms with E-state index in [0.717, 1.165) is 33.1 Å². The van der Waals surface area contributed by atoms with E-state index < -0.39 is 62.0 Å². The van der Waals surface area contributed by atoms with Crippen molar-refractivity contribution in [3.63, 3.8) is 0 Å². The van der Waals surface area contributed by atoms with E-state index in [1.807, 2.05) is 93.1 Å². The number of carbonyl (C=O) groups is 4. The Labute approximate surface area is 317 Å². The van der Waals surface area contributed by atoms with Crippen LogP contribution in [0.15, 0.2) is 83.0 Å². The molecule has 2 atom stereocenters. The summed E-state index contributed by atoms with van der Waals surface area (Å²) in [7, 11) is 7.76. The van der Waals surface area contributed by atoms with Gasteiger partial charge in [-0.25, -0.2) is 4.58 Å². The fourth-order valence-corrected chi connectivity index (χ4v) is 6.54. The Balaban J connectivity index is 1.54. The minimum absolute atomic E-state index is 0.0720. The summed E-state index contributed by atoms with van der Waals surface area (Å²) in [4.78, 5) is 51.4. The number of anilines is 2. The van der Waals surface area contributed by atoms with Gasteiger partial charge in [-0.1, -0.05) is 18.2 Å². The minimum Gasteiger partial charge on any atom is -0.493 e. The number of aliphatic carboxylic acids is 4. The van der Waals surface area contributed by atoms with Crippen LogP contribution >= 0.6 is 0 Å². The average Bonchev–Trinajstić information content (AvgIpc) is 3.10. The second-order valence-electron chi connectivity index (χ2n) is 13.6. The van der Waals surface area contributed by atoms with Gasteiger partial charge in [0.1, 0.15) is 63.3 Å². The number of rotatable bonds is 17. The number of carboxylic acids is 4. The first-order valence-electron chi connectivity index (χ1n) is 17.4. The summed E-state index contributed by atoms with van der Waals surface area (Å²) >= 11 is 0. The summed E-state index contributed by atoms with van der Waals surface area (Å²) in [6.07, 6.45) is 5.48. The highest BCUT2D eigenvalue weighted by Crippen LogP contribution is 2.42. The quantitative estimate of drug-likeness (QED) is 0.0530. The second-order valence-corrected chi connectivity index (χ2v) is 13.6. The number of hydrogen-bond donors (Lipinski definition) is 4. The topological polar surface area (TPSA) is 194 Å². The van der Waals surface area contributed by atoms with Crippen molar-refractivity contribution in [3.05, 3.63) is 95.1 Å². The van der Waals surface area contributed by atoms with Crippen molar-refractivity contribution in [2.45, 2.75) is 18.9 Å². The number of allylic oxidation sites excluding steroid dienone is 2. The van der Waals surface area contributed by atoms with Crippen molar-refractivity contribution in [2.24, 2.45) is 0 Å². The van der Waals surface area contributed by atoms with E-state index in [9.17, 15) is 39.6 Å². The lowest BCUT2D eigenvalue weighted by atomic mass is 9.85. The van der Waals surface area contributed by atoms with Crippen molar-refractivity contribution in [2.75, 3.05) is 77.4 Å². The number of nitrogens with zero attached hydrogens (tertiary/aromatic N) is 4. The van der Waals surface area contributed by atoms with Gasteiger partial charge in [0, 0.05) is 48.8 Å². The van der Waals surface area contributed by atoms with Crippen LogP contribution in [-0.4, -0.2) is 123 Å². The van der Waals surface area contributed by atoms with Crippen LogP contribution in [0.2, 0.25) is 0 Å². The Morgan fingerprint density at radius 1 is 0.782 bits per heavy atom. The van der Waals surface area contributed by atoms with Crippen LogP contribution in [0, 0.1) is 6.92 Å². The fourth-order valence-electron chi connectivity index (χ4n) is 6.54. The molecule has 1 aliphatic heterocycles. The zero-order valence-corrected chi connectivity index (χ0v) is 31.3. The lowest BCUT2D eigenvalue weighted by Crippen LogP contribution is -2.43. The molecule has 0 spiro atoms. The van der Waals surface area contributed by atoms with Crippen LogP contribution in [-0.2, 0) is 23.9 Å². The van der Waals surface area contributed by atoms with Crippen molar-refractivity contribution in [3.8, 4) is 17.1 Å². The van der Waals surface area contributed by atoms with E-state index in [2.05, 4.69) is 0 Å². The molecule has 0 radical (unpaired) electrons. The summed E-state index contributed by atoms with van der Waals surface area (Å²) in [5.74, 6) is -4.08. The van der Waals surface area contributed by atoms with Gasteiger partial charge >= 0.3 is 23.9 Å². The molecular formula is C40H45N4O11+. The highest BCUT2D eigenvalue weighted by molar-refractivity contribution is 5.91. The van der Waals surface area contributed by atoms with E-state index in [1.54, 1.807) is 24.3 Å². The first kappa shape index (κ1) is 39.8. The molecule has 0 aromatic heterocycles. The van der Waals surface area contributed by atoms with Gasteiger partial charge < -0.3 is 44.1 Å². The zero-order chi connectivity index (χ0) is 40.0. The van der Waals surface area contributed by atoms with Gasteiger partial charge in [0.25, 0.3) is 0 Å². The molecule has 2 unspecified atom stereocenters. The maximum Gasteiger partial charge on any atom is 0.323 e. The molecule has 0 saturated carbocycles. The van der Waals surface area contributed by atoms with Gasteiger partial charge in [0.05, 0.1) is 30.9 Å². The Bertz CT molecular complexity index is 2170. The lowest BCUT2D eigenvalue weighted by molar-refractivity contribution is -0.143. The Morgan fingerprint density at radius 3 is 2.05 bits per heavy atom. The first-order chi connectivity index (χ1) is 26.1. The number of carboxylic acid groups (broad SMARTS) is 4. The molecule has 0 amide bonds. The van der Waals surface area contributed by atoms with Crippen LogP contribution < -0.4 is 24.5 Å². The van der Waals surface area contributed by atoms with Gasteiger partial charge in [0.2, 0.25) is 5.36 Å². The van der Waals surface area contributed by atoms with Gasteiger partial charge in [-0.05, 0) is 54.5 Å². The molecule has 1 heterocycles. The molecule has 15 heteroatoms. The summed E-state index contributed by atoms with van der Waals surface area (Å²) in [6, 6.07) is 16.0. The normalized spacial score (nSPS) is 15.1. The second kappa shape index (κ2) is 17.2. The van der Waals surface area contributed by atoms with Crippen molar-refractivity contribution < 1.29 is 53.5 Å². The Morgan fingerprint density at radius 2 is 1.44 bits per heavy atom. The third-order valence-electron chi connectivity index (χ3n) is 9.02. The maximum atomic E-state index is 11.9. The zero-order valence-electron chi connectivity index (χ0n) is 31.3. The Kier molecular flexibility index (Phi) is 12.5. The van der Waals surface area contributed by atoms with E-state index >= 15 is 0 Å². The van der Waals surface area contributed by atoms with Crippen LogP contribution in [0.3, 0.4) is 0 Å². The number of hydrogen-bond acceptors (Lipinski definition) is 10. The molecule has 3 aliphatic rings. The van der Waals surface area contributed by atoms with Crippen molar-refractivity contribution in [1.29, 1.82) is 0 Å². The molecule has 4 N–H and O–H groups in total. The molecule has 0 bridgehead atoms. The maximum absolute atomic E-state index is 11.9. The predicted molar refractivity (Wildman–Crippen MR) is 205 cm³/mol. The molecule has 5 rings (SSSR count). The lowest BCUT2D eigenvalue weighted by Gasteiger charge is -2.32. The summed E-state index contributed by atoms with van der Waals surface area (Å²) in [5.41, 5.74) is 4.39. The standard InChI is InChI=1S/C40H44N4O11/c1-24-6-12-30(43(20-36(45)46)21-37(47)48)34(16-24)53-14-15-54-35-17-25(7-13-31(35)44(22-38(49)50)23-39(51)52)40-28-10-8-26(41(2)3)18-32(28)55-33-19-27(42(4)5)9-11-29(33)40/h6-13,16-19,25,31H,14-15,20-23H2,1-5H3,(H3-,45,46,47,48,49,50,51,52)/p+1. The van der Waals surface area contributed by atoms with Crippen LogP contribution in [0.25, 0.3) is 22.3 Å². The summed E-state index contributed by atoms with van der Waals surface area (Å²) < 4.78 is 20.8. The summed E-state index contributed by atoms with van der Waals surface area (Å²) in [6.45, 7) is -0.635. The van der Waals surface area contributed by atoms with E-state index in [1.165, 1.54) is 9.80 Å². The molecule has 0 fully saturated rings. The predicted octanol–water partition coefficient (Wildman–Crippen LogP) is 3.39. The third kappa shape index (κ3) is 9.80. The highest BCUT2D eigenvalue weighted by atomic mass is 16.5. The number of fused-ring (bicyclic) bond motifs is 2. The molecular weight excluding hydrogens is 712 g/mol. The first-order valence-corrected chi connectivity index (χ1v) is 17.4. The number of benzene rings is 3. The molecule has 290 valence electrons. The van der Waals surface area contributed by atoms with Crippen molar-refractivity contribution in [1.82, 2.24) is 9.48 Å². The smallest absolute Gasteiger partial charge is 0.323 e. The molecule has 2 aromatic carbocycles. The number of ether oxygens (including phenoxy) is 2. The van der Waals surface area contributed by atoms with Gasteiger partial charge in [-0.2, -0.15) is 0 Å². The SMILES string of the molecule is Cc1ccc(N(CC(=O)O)CC(=O)O)c(OCCOC2=CC(c3c4ccc(=[N+](C)C)cc-4oc4cc(N(C)C)ccc34)C=CC2N(CC(=O)O)CC(=O)O)c1. The third-order valence-corrected chi connectivity index (χ3v) is 9.02. The average molecular weight is 758 g/mol. The molecule has 15 nitrogen and oxygen atoms in total. The van der Waals surface area contributed by atoms with E-state index in [-0.39, 0.29) is 24.7 Å². The molecule has 2 aliphatic carbocycles. The monoisotopic (exact) mass is 757 g/mol. The van der Waals surface area contributed by atoms with Gasteiger partial charge in [0.15, 0.2) is 0 Å². The van der Waals surface area contributed by atoms with Crippen LogP contribution in [0.5, 0.6) is 5.75 Å². The highest BCUT2D eigenvalue weighted by Gasteiger charge is 2.31. The van der Waals surface area contributed by atoms with E-state index in [4.69, 9.17) is 13.9 Å². The molecule has 2 aromatic rings. The Hall–Kier alpha value is -6.35. The van der Waals surface area contributed by atoms with Gasteiger partial charge in [-0.3, -0.25) is 24.1 Å². The fraction of sp³-hybridized carbons (Fsp3) is 0.325. The van der Waals surface area contributed by atoms with E-state index in [0.29, 0.717) is 17.1 Å². The van der Waals surface area contributed by atoms with Crippen molar-refractivity contribution >= 4 is 46.2 Å². The van der Waals surface area contributed by atoms with Crippen LogP contribution in [0.4, 0.5) is 11.4 Å². The molecule has 0 saturated heterocycles. The number of aryl methyl sites for hydroxylation is 1. The largest absolute Gasteiger partial charge is 0.493 e. The van der Waals surface area contributed by atoms with Gasteiger partial charge in [-0.15, -0.1) is 0 Å².